The van der Waals surface area contributed by atoms with Gasteiger partial charge in [-0.25, -0.2) is 14.2 Å². The van der Waals surface area contributed by atoms with Crippen LogP contribution in [0.4, 0.5) is 14.9 Å². The van der Waals surface area contributed by atoms with Gasteiger partial charge < -0.3 is 9.64 Å². The van der Waals surface area contributed by atoms with Crippen molar-refractivity contribution in [1.29, 1.82) is 0 Å². The summed E-state index contributed by atoms with van der Waals surface area (Å²) in [4.78, 5) is 40.6. The normalized spacial score (nSPS) is 21.8. The number of hydrazine groups is 1. The Hall–Kier alpha value is -3.25. The highest BCUT2D eigenvalue weighted by atomic mass is 19.1. The molecule has 0 spiro atoms. The lowest BCUT2D eigenvalue weighted by atomic mass is 9.92. The summed E-state index contributed by atoms with van der Waals surface area (Å²) in [6, 6.07) is 3.33. The number of nitrogens with zero attached hydrogens (tertiary/aromatic N) is 5. The van der Waals surface area contributed by atoms with E-state index in [0.29, 0.717) is 29.1 Å². The second-order valence-corrected chi connectivity index (χ2v) is 12.5. The Morgan fingerprint density at radius 2 is 1.80 bits per heavy atom. The Labute approximate surface area is 240 Å². The summed E-state index contributed by atoms with van der Waals surface area (Å²) in [6.45, 7) is 11.4. The summed E-state index contributed by atoms with van der Waals surface area (Å²) in [5, 5.41) is 9.49. The Balaban J connectivity index is 1.11. The molecule has 4 heterocycles. The molecule has 2 aromatic rings. The molecule has 0 bridgehead atoms. The molecule has 1 aromatic heterocycles. The van der Waals surface area contributed by atoms with Gasteiger partial charge in [0.1, 0.15) is 11.4 Å². The highest BCUT2D eigenvalue weighted by Crippen LogP contribution is 2.34. The molecule has 11 nitrogen and oxygen atoms in total. The van der Waals surface area contributed by atoms with Gasteiger partial charge in [0.25, 0.3) is 0 Å². The van der Waals surface area contributed by atoms with E-state index >= 15 is 4.39 Å². The number of fused-ring (bicyclic) bond motifs is 1. The SMILES string of the molecule is Cn1nc(C2CCC(=O)NC2=O)c2cc(F)c(N3CCN(CCC4CCN(NC(=O)OC(C)(C)C)CC4)CC3)cc21. The minimum absolute atomic E-state index is 0.254. The Bertz CT molecular complexity index is 1290. The zero-order valence-electron chi connectivity index (χ0n) is 24.5. The predicted molar refractivity (Wildman–Crippen MR) is 153 cm³/mol. The number of ether oxygens (including phenoxy) is 1. The Kier molecular flexibility index (Phi) is 8.51. The molecule has 41 heavy (non-hydrogen) atoms. The van der Waals surface area contributed by atoms with Gasteiger partial charge in [0.15, 0.2) is 0 Å². The van der Waals surface area contributed by atoms with Gasteiger partial charge in [-0.1, -0.05) is 0 Å². The molecule has 3 saturated heterocycles. The van der Waals surface area contributed by atoms with E-state index in [1.165, 1.54) is 6.07 Å². The lowest BCUT2D eigenvalue weighted by Crippen LogP contribution is -2.49. The molecule has 1 unspecified atom stereocenters. The average Bonchev–Trinajstić information content (AvgIpc) is 3.21. The number of piperazine rings is 1. The first-order valence-corrected chi connectivity index (χ1v) is 14.7. The van der Waals surface area contributed by atoms with Crippen molar-refractivity contribution in [1.82, 2.24) is 30.4 Å². The molecule has 3 aliphatic rings. The number of benzene rings is 1. The minimum Gasteiger partial charge on any atom is -0.443 e. The third-order valence-electron chi connectivity index (χ3n) is 8.35. The van der Waals surface area contributed by atoms with E-state index in [9.17, 15) is 14.4 Å². The average molecular weight is 572 g/mol. The molecule has 3 aliphatic heterocycles. The summed E-state index contributed by atoms with van der Waals surface area (Å²) >= 11 is 0. The Morgan fingerprint density at radius 1 is 1.10 bits per heavy atom. The number of amides is 3. The van der Waals surface area contributed by atoms with Crippen molar-refractivity contribution in [3.8, 4) is 0 Å². The number of hydrogen-bond donors (Lipinski definition) is 2. The van der Waals surface area contributed by atoms with Gasteiger partial charge in [0.05, 0.1) is 22.8 Å². The van der Waals surface area contributed by atoms with Crippen molar-refractivity contribution in [3.63, 3.8) is 0 Å². The van der Waals surface area contributed by atoms with Crippen LogP contribution in [-0.4, -0.2) is 89.0 Å². The van der Waals surface area contributed by atoms with E-state index < -0.39 is 17.6 Å². The van der Waals surface area contributed by atoms with Crippen LogP contribution in [0.15, 0.2) is 12.1 Å². The summed E-state index contributed by atoms with van der Waals surface area (Å²) in [6.07, 6.45) is 3.41. The zero-order valence-corrected chi connectivity index (χ0v) is 24.5. The first-order chi connectivity index (χ1) is 19.5. The van der Waals surface area contributed by atoms with Crippen LogP contribution in [0.25, 0.3) is 10.9 Å². The molecule has 1 atom stereocenters. The second-order valence-electron chi connectivity index (χ2n) is 12.5. The van der Waals surface area contributed by atoms with Crippen LogP contribution in [0.3, 0.4) is 0 Å². The van der Waals surface area contributed by atoms with E-state index in [1.54, 1.807) is 11.7 Å². The maximum Gasteiger partial charge on any atom is 0.422 e. The predicted octanol–water partition coefficient (Wildman–Crippen LogP) is 2.90. The lowest BCUT2D eigenvalue weighted by Gasteiger charge is -2.37. The number of anilines is 1. The topological polar surface area (TPSA) is 112 Å². The number of carbonyl (C=O) groups excluding carboxylic acids is 3. The molecule has 0 aliphatic carbocycles. The number of imide groups is 1. The van der Waals surface area contributed by atoms with Gasteiger partial charge in [-0.15, -0.1) is 0 Å². The molecule has 0 saturated carbocycles. The quantitative estimate of drug-likeness (QED) is 0.510. The molecule has 3 amide bonds. The van der Waals surface area contributed by atoms with Gasteiger partial charge in [-0.2, -0.15) is 5.10 Å². The third-order valence-corrected chi connectivity index (χ3v) is 8.35. The number of rotatable bonds is 6. The van der Waals surface area contributed by atoms with Gasteiger partial charge in [-0.3, -0.25) is 29.9 Å². The van der Waals surface area contributed by atoms with Gasteiger partial charge >= 0.3 is 6.09 Å². The summed E-state index contributed by atoms with van der Waals surface area (Å²) in [7, 11) is 1.80. The number of aromatic nitrogens is 2. The van der Waals surface area contributed by atoms with Crippen molar-refractivity contribution in [2.75, 3.05) is 50.7 Å². The first-order valence-electron chi connectivity index (χ1n) is 14.7. The van der Waals surface area contributed by atoms with Crippen molar-refractivity contribution in [2.24, 2.45) is 13.0 Å². The summed E-state index contributed by atoms with van der Waals surface area (Å²) in [5.74, 6) is -0.909. The highest BCUT2D eigenvalue weighted by molar-refractivity contribution is 6.02. The molecule has 12 heteroatoms. The Morgan fingerprint density at radius 3 is 2.46 bits per heavy atom. The number of hydrogen-bond acceptors (Lipinski definition) is 8. The van der Waals surface area contributed by atoms with Gasteiger partial charge in [0.2, 0.25) is 11.8 Å². The van der Waals surface area contributed by atoms with Crippen LogP contribution in [0.2, 0.25) is 0 Å². The molecule has 1 aromatic carbocycles. The molecule has 5 rings (SSSR count). The van der Waals surface area contributed by atoms with Crippen LogP contribution in [0, 0.1) is 11.7 Å². The van der Waals surface area contributed by atoms with Crippen molar-refractivity contribution in [3.05, 3.63) is 23.6 Å². The number of halogens is 1. The van der Waals surface area contributed by atoms with Crippen molar-refractivity contribution in [2.45, 2.75) is 64.4 Å². The van der Waals surface area contributed by atoms with E-state index in [2.05, 4.69) is 25.6 Å². The molecular formula is C29H42FN7O4. The van der Waals surface area contributed by atoms with Gasteiger partial charge in [-0.05, 0) is 71.0 Å². The molecule has 224 valence electrons. The van der Waals surface area contributed by atoms with Gasteiger partial charge in [0, 0.05) is 58.1 Å². The van der Waals surface area contributed by atoms with Crippen LogP contribution in [0.1, 0.15) is 64.5 Å². The van der Waals surface area contributed by atoms with Crippen LogP contribution >= 0.6 is 0 Å². The fourth-order valence-electron chi connectivity index (χ4n) is 6.09. The van der Waals surface area contributed by atoms with E-state index in [0.717, 1.165) is 70.6 Å². The van der Waals surface area contributed by atoms with Crippen LogP contribution < -0.4 is 15.6 Å². The molecule has 0 radical (unpaired) electrons. The monoisotopic (exact) mass is 571 g/mol. The zero-order chi connectivity index (χ0) is 29.3. The number of nitrogens with one attached hydrogen (secondary N) is 2. The number of carbonyl (C=O) groups is 3. The van der Waals surface area contributed by atoms with E-state index in [1.807, 2.05) is 31.8 Å². The fraction of sp³-hybridized carbons (Fsp3) is 0.655. The number of aryl methyl sites for hydroxylation is 1. The van der Waals surface area contributed by atoms with Crippen molar-refractivity contribution >= 4 is 34.5 Å². The first kappa shape index (κ1) is 29.2. The largest absolute Gasteiger partial charge is 0.443 e. The molecule has 3 fully saturated rings. The minimum atomic E-state index is -0.557. The lowest BCUT2D eigenvalue weighted by molar-refractivity contribution is -0.134. The van der Waals surface area contributed by atoms with Crippen LogP contribution in [0.5, 0.6) is 0 Å². The molecular weight excluding hydrogens is 529 g/mol. The third kappa shape index (κ3) is 6.98. The highest BCUT2D eigenvalue weighted by Gasteiger charge is 2.32. The number of piperidine rings is 2. The summed E-state index contributed by atoms with van der Waals surface area (Å²) < 4.78 is 22.5. The molecule has 2 N–H and O–H groups in total. The second kappa shape index (κ2) is 11.9. The maximum atomic E-state index is 15.4. The maximum absolute atomic E-state index is 15.4. The smallest absolute Gasteiger partial charge is 0.422 e. The summed E-state index contributed by atoms with van der Waals surface area (Å²) in [5.41, 5.74) is 4.20. The van der Waals surface area contributed by atoms with E-state index in [-0.39, 0.29) is 24.1 Å². The van der Waals surface area contributed by atoms with Crippen molar-refractivity contribution < 1.29 is 23.5 Å². The van der Waals surface area contributed by atoms with Crippen LogP contribution in [-0.2, 0) is 21.4 Å². The fourth-order valence-corrected chi connectivity index (χ4v) is 6.09. The van der Waals surface area contributed by atoms with E-state index in [4.69, 9.17) is 4.74 Å². The standard InChI is InChI=1S/C29H42FN7O4/c1-29(2,3)41-28(40)33-37-11-8-19(9-12-37)7-10-35-13-15-36(16-14-35)24-18-23-21(17-22(24)30)26(32-34(23)4)20-5-6-25(38)31-27(20)39/h17-20H,5-16H2,1-4H3,(H,33,40)(H,31,38,39).